The molecule has 1 atom stereocenters. The Kier molecular flexibility index (Phi) is 4.39. The Bertz CT molecular complexity index is 460. The second-order valence-corrected chi connectivity index (χ2v) is 5.08. The van der Waals surface area contributed by atoms with E-state index in [1.807, 2.05) is 30.3 Å². The zero-order valence-corrected chi connectivity index (χ0v) is 11.0. The molecule has 17 heavy (non-hydrogen) atoms. The van der Waals surface area contributed by atoms with Crippen LogP contribution in [0.15, 0.2) is 35.5 Å². The second-order valence-electron chi connectivity index (χ2n) is 3.78. The van der Waals surface area contributed by atoms with Crippen LogP contribution in [0, 0.1) is 5.92 Å². The molecule has 0 saturated carbocycles. The van der Waals surface area contributed by atoms with Gasteiger partial charge in [0.25, 0.3) is 0 Å². The minimum absolute atomic E-state index is 0.447. The van der Waals surface area contributed by atoms with Crippen LogP contribution in [-0.2, 0) is 0 Å². The van der Waals surface area contributed by atoms with Gasteiger partial charge in [0.2, 0.25) is 5.16 Å². The van der Waals surface area contributed by atoms with E-state index in [1.165, 1.54) is 0 Å². The van der Waals surface area contributed by atoms with E-state index in [2.05, 4.69) is 22.4 Å². The standard InChI is InChI=1S/C11H13ClN4S/c1-9(7-12)8-17-11-13-14-15-16(11)10-5-3-2-4-6-10/h2-6,9H,7-8H2,1H3. The Hall–Kier alpha value is -1.07. The summed E-state index contributed by atoms with van der Waals surface area (Å²) in [5, 5.41) is 12.5. The highest BCUT2D eigenvalue weighted by molar-refractivity contribution is 7.99. The van der Waals surface area contributed by atoms with Crippen LogP contribution in [0.5, 0.6) is 0 Å². The fourth-order valence-electron chi connectivity index (χ4n) is 1.26. The molecular formula is C11H13ClN4S. The Balaban J connectivity index is 2.12. The number of nitrogens with zero attached hydrogens (tertiary/aromatic N) is 4. The van der Waals surface area contributed by atoms with Gasteiger partial charge in [-0.1, -0.05) is 36.9 Å². The van der Waals surface area contributed by atoms with Crippen molar-refractivity contribution in [1.29, 1.82) is 0 Å². The molecule has 2 rings (SSSR count). The topological polar surface area (TPSA) is 43.6 Å². The summed E-state index contributed by atoms with van der Waals surface area (Å²) < 4.78 is 1.74. The van der Waals surface area contributed by atoms with Crippen molar-refractivity contribution in [3.8, 4) is 5.69 Å². The molecular weight excluding hydrogens is 256 g/mol. The van der Waals surface area contributed by atoms with Crippen LogP contribution in [0.2, 0.25) is 0 Å². The van der Waals surface area contributed by atoms with Gasteiger partial charge in [-0.15, -0.1) is 16.7 Å². The third-order valence-corrected chi connectivity index (χ3v) is 3.98. The maximum atomic E-state index is 5.78. The Morgan fingerprint density at radius 2 is 2.12 bits per heavy atom. The van der Waals surface area contributed by atoms with Gasteiger partial charge in [-0.25, -0.2) is 0 Å². The normalized spacial score (nSPS) is 12.6. The Labute approximate surface area is 109 Å². The van der Waals surface area contributed by atoms with E-state index in [-0.39, 0.29) is 0 Å². The molecule has 0 fully saturated rings. The number of aromatic nitrogens is 4. The first kappa shape index (κ1) is 12.4. The number of benzene rings is 1. The van der Waals surface area contributed by atoms with Gasteiger partial charge >= 0.3 is 0 Å². The van der Waals surface area contributed by atoms with Gasteiger partial charge in [-0.3, -0.25) is 0 Å². The lowest BCUT2D eigenvalue weighted by atomic mass is 10.3. The lowest BCUT2D eigenvalue weighted by Gasteiger charge is -2.06. The summed E-state index contributed by atoms with van der Waals surface area (Å²) in [4.78, 5) is 0. The first-order valence-electron chi connectivity index (χ1n) is 5.34. The van der Waals surface area contributed by atoms with Crippen LogP contribution in [0.3, 0.4) is 0 Å². The molecule has 1 heterocycles. The van der Waals surface area contributed by atoms with Crippen molar-refractivity contribution in [3.63, 3.8) is 0 Å². The number of hydrogen-bond donors (Lipinski definition) is 0. The molecule has 0 aliphatic heterocycles. The first-order chi connectivity index (χ1) is 8.31. The molecule has 0 spiro atoms. The van der Waals surface area contributed by atoms with Crippen LogP contribution in [0.4, 0.5) is 0 Å². The number of halogens is 1. The summed E-state index contributed by atoms with van der Waals surface area (Å²) >= 11 is 7.40. The maximum Gasteiger partial charge on any atom is 0.214 e. The molecule has 90 valence electrons. The molecule has 2 aromatic rings. The van der Waals surface area contributed by atoms with Crippen molar-refractivity contribution in [2.24, 2.45) is 5.92 Å². The van der Waals surface area contributed by atoms with E-state index in [0.29, 0.717) is 11.8 Å². The lowest BCUT2D eigenvalue weighted by molar-refractivity contribution is 0.740. The lowest BCUT2D eigenvalue weighted by Crippen LogP contribution is -2.03. The number of alkyl halides is 1. The van der Waals surface area contributed by atoms with E-state index < -0.39 is 0 Å². The average Bonchev–Trinajstić information content (AvgIpc) is 2.85. The summed E-state index contributed by atoms with van der Waals surface area (Å²) in [6.07, 6.45) is 0. The molecule has 1 unspecified atom stereocenters. The molecule has 0 aliphatic carbocycles. The van der Waals surface area contributed by atoms with E-state index in [4.69, 9.17) is 11.6 Å². The molecule has 0 bridgehead atoms. The summed E-state index contributed by atoms with van der Waals surface area (Å²) in [6, 6.07) is 9.85. The minimum Gasteiger partial charge on any atom is -0.188 e. The summed E-state index contributed by atoms with van der Waals surface area (Å²) in [7, 11) is 0. The fourth-order valence-corrected chi connectivity index (χ4v) is 2.41. The molecule has 0 aliphatic rings. The zero-order valence-electron chi connectivity index (χ0n) is 9.45. The summed E-state index contributed by atoms with van der Waals surface area (Å²) in [5.41, 5.74) is 0.971. The SMILES string of the molecule is CC(CCl)CSc1nnnn1-c1ccccc1. The monoisotopic (exact) mass is 268 g/mol. The molecule has 4 nitrogen and oxygen atoms in total. The highest BCUT2D eigenvalue weighted by atomic mass is 35.5. The van der Waals surface area contributed by atoms with Crippen molar-refractivity contribution in [2.45, 2.75) is 12.1 Å². The van der Waals surface area contributed by atoms with Gasteiger partial charge in [0.05, 0.1) is 5.69 Å². The van der Waals surface area contributed by atoms with Gasteiger partial charge in [-0.05, 0) is 28.5 Å². The average molecular weight is 269 g/mol. The fraction of sp³-hybridized carbons (Fsp3) is 0.364. The summed E-state index contributed by atoms with van der Waals surface area (Å²) in [5.74, 6) is 2.01. The largest absolute Gasteiger partial charge is 0.214 e. The van der Waals surface area contributed by atoms with Crippen LogP contribution >= 0.6 is 23.4 Å². The predicted molar refractivity (Wildman–Crippen MR) is 69.8 cm³/mol. The van der Waals surface area contributed by atoms with E-state index in [1.54, 1.807) is 16.4 Å². The van der Waals surface area contributed by atoms with Crippen LogP contribution in [0.25, 0.3) is 5.69 Å². The van der Waals surface area contributed by atoms with Crippen LogP contribution in [0.1, 0.15) is 6.92 Å². The van der Waals surface area contributed by atoms with Gasteiger partial charge in [-0.2, -0.15) is 4.68 Å². The molecule has 0 amide bonds. The van der Waals surface area contributed by atoms with E-state index >= 15 is 0 Å². The van der Waals surface area contributed by atoms with Crippen molar-refractivity contribution in [3.05, 3.63) is 30.3 Å². The van der Waals surface area contributed by atoms with E-state index in [0.717, 1.165) is 16.6 Å². The molecule has 0 saturated heterocycles. The summed E-state index contributed by atoms with van der Waals surface area (Å²) in [6.45, 7) is 2.11. The highest BCUT2D eigenvalue weighted by Crippen LogP contribution is 2.20. The second kappa shape index (κ2) is 6.02. The molecule has 1 aromatic carbocycles. The maximum absolute atomic E-state index is 5.78. The quantitative estimate of drug-likeness (QED) is 0.618. The smallest absolute Gasteiger partial charge is 0.188 e. The van der Waals surface area contributed by atoms with Crippen molar-refractivity contribution < 1.29 is 0 Å². The Morgan fingerprint density at radius 1 is 1.35 bits per heavy atom. The molecule has 1 aromatic heterocycles. The predicted octanol–water partition coefficient (Wildman–Crippen LogP) is 2.63. The van der Waals surface area contributed by atoms with Crippen LogP contribution < -0.4 is 0 Å². The van der Waals surface area contributed by atoms with Crippen LogP contribution in [-0.4, -0.2) is 31.8 Å². The van der Waals surface area contributed by atoms with E-state index in [9.17, 15) is 0 Å². The zero-order chi connectivity index (χ0) is 12.1. The van der Waals surface area contributed by atoms with Gasteiger partial charge in [0, 0.05) is 11.6 Å². The van der Waals surface area contributed by atoms with Crippen molar-refractivity contribution in [1.82, 2.24) is 20.2 Å². The van der Waals surface area contributed by atoms with Gasteiger partial charge < -0.3 is 0 Å². The van der Waals surface area contributed by atoms with Gasteiger partial charge in [0.15, 0.2) is 0 Å². The molecule has 6 heteroatoms. The number of hydrogen-bond acceptors (Lipinski definition) is 4. The van der Waals surface area contributed by atoms with Crippen molar-refractivity contribution >= 4 is 23.4 Å². The molecule has 0 radical (unpaired) electrons. The first-order valence-corrected chi connectivity index (χ1v) is 6.86. The highest BCUT2D eigenvalue weighted by Gasteiger charge is 2.10. The minimum atomic E-state index is 0.447. The third-order valence-electron chi connectivity index (χ3n) is 2.20. The Morgan fingerprint density at radius 3 is 2.82 bits per heavy atom. The molecule has 0 N–H and O–H groups in total. The number of tetrazole rings is 1. The number of rotatable bonds is 5. The van der Waals surface area contributed by atoms with Gasteiger partial charge in [0.1, 0.15) is 0 Å². The number of thioether (sulfide) groups is 1. The van der Waals surface area contributed by atoms with Crippen molar-refractivity contribution in [2.75, 3.05) is 11.6 Å². The third kappa shape index (κ3) is 3.20. The number of para-hydroxylation sites is 1.